The van der Waals surface area contributed by atoms with Gasteiger partial charge in [0, 0.05) is 13.2 Å². The zero-order chi connectivity index (χ0) is 10.4. The van der Waals surface area contributed by atoms with Crippen molar-refractivity contribution < 1.29 is 1.43 Å². The minimum Gasteiger partial charge on any atom is -0.382 e. The number of hydrogen-bond donors (Lipinski definition) is 2. The molecular formula is C12H22N2. The maximum absolute atomic E-state index is 4.85. The summed E-state index contributed by atoms with van der Waals surface area (Å²) in [5.41, 5.74) is 7.64. The molecule has 80 valence electrons. The van der Waals surface area contributed by atoms with Crippen molar-refractivity contribution in [3.8, 4) is 0 Å². The molecule has 0 aliphatic carbocycles. The van der Waals surface area contributed by atoms with Crippen LogP contribution in [0.5, 0.6) is 0 Å². The molecule has 0 amide bonds. The van der Waals surface area contributed by atoms with Crippen LogP contribution in [0, 0.1) is 0 Å². The number of rotatable bonds is 0. The van der Waals surface area contributed by atoms with Gasteiger partial charge in [0.1, 0.15) is 0 Å². The fraction of sp³-hybridized carbons (Fsp3) is 0.500. The lowest BCUT2D eigenvalue weighted by molar-refractivity contribution is 0.681. The largest absolute Gasteiger partial charge is 0.382 e. The van der Waals surface area contributed by atoms with E-state index in [9.17, 15) is 0 Å². The van der Waals surface area contributed by atoms with E-state index in [1.807, 2.05) is 6.92 Å². The first-order valence-corrected chi connectivity index (χ1v) is 5.32. The van der Waals surface area contributed by atoms with Crippen LogP contribution in [0.2, 0.25) is 0 Å². The van der Waals surface area contributed by atoms with E-state index in [-0.39, 0.29) is 1.43 Å². The molecule has 0 bridgehead atoms. The van der Waals surface area contributed by atoms with Gasteiger partial charge in [-0.15, -0.1) is 0 Å². The topological polar surface area (TPSA) is 38.0 Å². The Labute approximate surface area is 88.0 Å². The Kier molecular flexibility index (Phi) is 4.47. The average Bonchev–Trinajstić information content (AvgIpc) is 2.19. The molecule has 0 saturated carbocycles. The zero-order valence-corrected chi connectivity index (χ0v) is 9.09. The number of anilines is 1. The summed E-state index contributed by atoms with van der Waals surface area (Å²) < 4.78 is 0. The monoisotopic (exact) mass is 194 g/mol. The van der Waals surface area contributed by atoms with E-state index in [0.29, 0.717) is 6.04 Å². The second-order valence-corrected chi connectivity index (χ2v) is 3.65. The van der Waals surface area contributed by atoms with Crippen LogP contribution in [0.25, 0.3) is 0 Å². The molecule has 1 aliphatic rings. The minimum absolute atomic E-state index is 0. The van der Waals surface area contributed by atoms with Crippen LogP contribution < -0.4 is 11.1 Å². The fourth-order valence-corrected chi connectivity index (χ4v) is 1.59. The number of aryl methyl sites for hydroxylation is 1. The molecule has 0 spiro atoms. The Hall–Kier alpha value is -1.02. The Morgan fingerprint density at radius 3 is 2.86 bits per heavy atom. The Morgan fingerprint density at radius 1 is 1.50 bits per heavy atom. The van der Waals surface area contributed by atoms with E-state index >= 15 is 0 Å². The van der Waals surface area contributed by atoms with Crippen molar-refractivity contribution in [1.29, 1.82) is 0 Å². The summed E-state index contributed by atoms with van der Waals surface area (Å²) >= 11 is 0. The van der Waals surface area contributed by atoms with Gasteiger partial charge in [-0.05, 0) is 37.9 Å². The highest BCUT2D eigenvalue weighted by atomic mass is 14.9. The second-order valence-electron chi connectivity index (χ2n) is 3.65. The van der Waals surface area contributed by atoms with Crippen LogP contribution in [0.4, 0.5) is 5.69 Å². The molecule has 0 radical (unpaired) electrons. The Balaban J connectivity index is 0.000000443. The molecule has 0 unspecified atom stereocenters. The van der Waals surface area contributed by atoms with Crippen molar-refractivity contribution in [1.82, 2.24) is 0 Å². The van der Waals surface area contributed by atoms with Gasteiger partial charge in [0.05, 0.1) is 0 Å². The number of para-hydroxylation sites is 1. The SMILES string of the molecule is CCN.C[C@H]1CCc2ccccc2N1.[HH]. The third-order valence-corrected chi connectivity index (χ3v) is 2.27. The summed E-state index contributed by atoms with van der Waals surface area (Å²) in [6, 6.07) is 9.20. The van der Waals surface area contributed by atoms with Crippen LogP contribution in [0.15, 0.2) is 24.3 Å². The molecule has 2 nitrogen and oxygen atoms in total. The Morgan fingerprint density at radius 2 is 2.14 bits per heavy atom. The number of hydrogen-bond acceptors (Lipinski definition) is 2. The van der Waals surface area contributed by atoms with Crippen molar-refractivity contribution in [2.24, 2.45) is 5.73 Å². The molecule has 1 heterocycles. The molecule has 0 fully saturated rings. The molecule has 3 N–H and O–H groups in total. The van der Waals surface area contributed by atoms with Gasteiger partial charge in [-0.1, -0.05) is 25.1 Å². The van der Waals surface area contributed by atoms with E-state index in [1.165, 1.54) is 24.1 Å². The first-order valence-electron chi connectivity index (χ1n) is 5.32. The first-order chi connectivity index (χ1) is 6.77. The number of nitrogens with one attached hydrogen (secondary N) is 1. The van der Waals surface area contributed by atoms with Crippen LogP contribution in [-0.4, -0.2) is 12.6 Å². The zero-order valence-electron chi connectivity index (χ0n) is 9.09. The smallest absolute Gasteiger partial charge is 0.0374 e. The van der Waals surface area contributed by atoms with Crippen LogP contribution in [-0.2, 0) is 6.42 Å². The highest BCUT2D eigenvalue weighted by Gasteiger charge is 2.11. The predicted octanol–water partition coefficient (Wildman–Crippen LogP) is 2.64. The van der Waals surface area contributed by atoms with Gasteiger partial charge >= 0.3 is 0 Å². The second kappa shape index (κ2) is 5.66. The quantitative estimate of drug-likeness (QED) is 0.666. The van der Waals surface area contributed by atoms with Gasteiger partial charge in [0.15, 0.2) is 0 Å². The molecule has 1 aromatic carbocycles. The van der Waals surface area contributed by atoms with E-state index in [4.69, 9.17) is 5.73 Å². The van der Waals surface area contributed by atoms with E-state index in [0.717, 1.165) is 6.54 Å². The standard InChI is InChI=1S/C10H13N.C2H7N.H2/c1-8-6-7-9-4-2-3-5-10(9)11-8;1-2-3;/h2-5,8,11H,6-7H2,1H3;2-3H2,1H3;1H/t8-;;/m0../s1. The fourth-order valence-electron chi connectivity index (χ4n) is 1.59. The predicted molar refractivity (Wildman–Crippen MR) is 64.7 cm³/mol. The normalized spacial score (nSPS) is 18.6. The van der Waals surface area contributed by atoms with Gasteiger partial charge in [-0.2, -0.15) is 0 Å². The third-order valence-electron chi connectivity index (χ3n) is 2.27. The van der Waals surface area contributed by atoms with Gasteiger partial charge in [0.2, 0.25) is 0 Å². The van der Waals surface area contributed by atoms with Crippen molar-refractivity contribution in [2.45, 2.75) is 32.7 Å². The van der Waals surface area contributed by atoms with E-state index in [1.54, 1.807) is 0 Å². The van der Waals surface area contributed by atoms with Crippen molar-refractivity contribution in [2.75, 3.05) is 11.9 Å². The first kappa shape index (κ1) is 11.1. The number of benzene rings is 1. The van der Waals surface area contributed by atoms with Gasteiger partial charge in [-0.3, -0.25) is 0 Å². The van der Waals surface area contributed by atoms with Crippen LogP contribution in [0.1, 0.15) is 27.3 Å². The highest BCUT2D eigenvalue weighted by Crippen LogP contribution is 2.23. The summed E-state index contributed by atoms with van der Waals surface area (Å²) in [7, 11) is 0. The summed E-state index contributed by atoms with van der Waals surface area (Å²) in [5, 5.41) is 3.46. The molecule has 14 heavy (non-hydrogen) atoms. The minimum atomic E-state index is 0. The number of fused-ring (bicyclic) bond motifs is 1. The van der Waals surface area contributed by atoms with Crippen molar-refractivity contribution >= 4 is 5.69 Å². The molecule has 1 aliphatic heterocycles. The van der Waals surface area contributed by atoms with E-state index in [2.05, 4.69) is 36.5 Å². The summed E-state index contributed by atoms with van der Waals surface area (Å²) in [4.78, 5) is 0. The lowest BCUT2D eigenvalue weighted by Crippen LogP contribution is -2.21. The summed E-state index contributed by atoms with van der Waals surface area (Å²) in [6.45, 7) is 4.88. The molecular weight excluding hydrogens is 172 g/mol. The van der Waals surface area contributed by atoms with Crippen LogP contribution in [0.3, 0.4) is 0 Å². The highest BCUT2D eigenvalue weighted by molar-refractivity contribution is 5.53. The number of nitrogens with two attached hydrogens (primary N) is 1. The van der Waals surface area contributed by atoms with Gasteiger partial charge in [-0.25, -0.2) is 0 Å². The van der Waals surface area contributed by atoms with Gasteiger partial charge in [0.25, 0.3) is 0 Å². The van der Waals surface area contributed by atoms with Crippen molar-refractivity contribution in [3.05, 3.63) is 29.8 Å². The maximum atomic E-state index is 4.85. The Bertz CT molecular complexity index is 276. The lowest BCUT2D eigenvalue weighted by atomic mass is 9.99. The van der Waals surface area contributed by atoms with E-state index < -0.39 is 0 Å². The molecule has 2 rings (SSSR count). The van der Waals surface area contributed by atoms with Gasteiger partial charge < -0.3 is 11.1 Å². The maximum Gasteiger partial charge on any atom is 0.0374 e. The average molecular weight is 194 g/mol. The van der Waals surface area contributed by atoms with Crippen LogP contribution >= 0.6 is 0 Å². The molecule has 1 atom stereocenters. The summed E-state index contributed by atoms with van der Waals surface area (Å²) in [6.07, 6.45) is 2.49. The molecule has 0 saturated heterocycles. The van der Waals surface area contributed by atoms with Crippen molar-refractivity contribution in [3.63, 3.8) is 0 Å². The molecule has 0 aromatic heterocycles. The third kappa shape index (κ3) is 3.04. The molecule has 1 aromatic rings. The lowest BCUT2D eigenvalue weighted by Gasteiger charge is -2.23. The summed E-state index contributed by atoms with van der Waals surface area (Å²) in [5.74, 6) is 0. The molecule has 2 heteroatoms.